The minimum absolute atomic E-state index is 0.0603. The Labute approximate surface area is 134 Å². The third-order valence-corrected chi connectivity index (χ3v) is 5.00. The standard InChI is InChI=1S/C16H26F3NO3/c1-10(2)15(3,9-14(22)23)20-13(21)8-11-4-6-12(7-5-11)16(17,18)19/h10-12H,4-9H2,1-3H3,(H,20,21)(H,22,23). The summed E-state index contributed by atoms with van der Waals surface area (Å²) < 4.78 is 37.9. The van der Waals surface area contributed by atoms with Gasteiger partial charge in [0.2, 0.25) is 5.91 Å². The van der Waals surface area contributed by atoms with Gasteiger partial charge in [-0.25, -0.2) is 0 Å². The Bertz CT molecular complexity index is 429. The van der Waals surface area contributed by atoms with E-state index < -0.39 is 23.6 Å². The summed E-state index contributed by atoms with van der Waals surface area (Å²) in [6.07, 6.45) is -3.27. The van der Waals surface area contributed by atoms with E-state index in [1.165, 1.54) is 0 Å². The van der Waals surface area contributed by atoms with Crippen LogP contribution in [-0.2, 0) is 9.59 Å². The van der Waals surface area contributed by atoms with E-state index in [1.807, 2.05) is 13.8 Å². The van der Waals surface area contributed by atoms with Gasteiger partial charge >= 0.3 is 12.1 Å². The van der Waals surface area contributed by atoms with Gasteiger partial charge in [0, 0.05) is 12.0 Å². The van der Waals surface area contributed by atoms with Crippen LogP contribution in [-0.4, -0.2) is 28.7 Å². The number of alkyl halides is 3. The first-order valence-electron chi connectivity index (χ1n) is 8.03. The number of carboxylic acids is 1. The number of hydrogen-bond acceptors (Lipinski definition) is 2. The Morgan fingerprint density at radius 3 is 2.09 bits per heavy atom. The monoisotopic (exact) mass is 337 g/mol. The molecule has 1 fully saturated rings. The van der Waals surface area contributed by atoms with Crippen molar-refractivity contribution < 1.29 is 27.9 Å². The molecule has 0 aromatic heterocycles. The first-order valence-corrected chi connectivity index (χ1v) is 8.03. The second-order valence-electron chi connectivity index (χ2n) is 7.15. The maximum Gasteiger partial charge on any atom is 0.391 e. The molecule has 23 heavy (non-hydrogen) atoms. The van der Waals surface area contributed by atoms with Crippen LogP contribution < -0.4 is 5.32 Å². The van der Waals surface area contributed by atoms with Crippen LogP contribution in [0.25, 0.3) is 0 Å². The van der Waals surface area contributed by atoms with Crippen LogP contribution in [0.2, 0.25) is 0 Å². The van der Waals surface area contributed by atoms with Crippen LogP contribution >= 0.6 is 0 Å². The lowest BCUT2D eigenvalue weighted by atomic mass is 9.79. The quantitative estimate of drug-likeness (QED) is 0.776. The van der Waals surface area contributed by atoms with Crippen molar-refractivity contribution in [3.63, 3.8) is 0 Å². The van der Waals surface area contributed by atoms with E-state index in [9.17, 15) is 22.8 Å². The van der Waals surface area contributed by atoms with Gasteiger partial charge in [-0.15, -0.1) is 0 Å². The van der Waals surface area contributed by atoms with Gasteiger partial charge in [0.1, 0.15) is 0 Å². The molecule has 1 unspecified atom stereocenters. The largest absolute Gasteiger partial charge is 0.481 e. The van der Waals surface area contributed by atoms with Crippen LogP contribution in [0, 0.1) is 17.8 Å². The maximum atomic E-state index is 12.6. The molecule has 0 aromatic carbocycles. The normalized spacial score (nSPS) is 25.0. The number of carboxylic acid groups (broad SMARTS) is 1. The minimum atomic E-state index is -4.15. The van der Waals surface area contributed by atoms with Crippen molar-refractivity contribution in [1.29, 1.82) is 0 Å². The molecule has 4 nitrogen and oxygen atoms in total. The second kappa shape index (κ2) is 7.53. The van der Waals surface area contributed by atoms with Crippen LogP contribution in [0.5, 0.6) is 0 Å². The Morgan fingerprint density at radius 1 is 1.17 bits per heavy atom. The van der Waals surface area contributed by atoms with Gasteiger partial charge in [0.05, 0.1) is 12.3 Å². The number of nitrogens with one attached hydrogen (secondary N) is 1. The van der Waals surface area contributed by atoms with Crippen molar-refractivity contribution in [2.75, 3.05) is 0 Å². The van der Waals surface area contributed by atoms with Crippen LogP contribution in [0.1, 0.15) is 59.3 Å². The minimum Gasteiger partial charge on any atom is -0.481 e. The highest BCUT2D eigenvalue weighted by molar-refractivity contribution is 5.78. The molecule has 0 aromatic rings. The Morgan fingerprint density at radius 2 is 1.70 bits per heavy atom. The van der Waals surface area contributed by atoms with Gasteiger partial charge in [-0.1, -0.05) is 13.8 Å². The summed E-state index contributed by atoms with van der Waals surface area (Å²) in [5.74, 6) is -2.65. The number of halogens is 3. The summed E-state index contributed by atoms with van der Waals surface area (Å²) in [5.41, 5.74) is -0.855. The number of carbonyl (C=O) groups excluding carboxylic acids is 1. The topological polar surface area (TPSA) is 66.4 Å². The van der Waals surface area contributed by atoms with E-state index in [1.54, 1.807) is 6.92 Å². The molecule has 0 heterocycles. The van der Waals surface area contributed by atoms with E-state index in [4.69, 9.17) is 5.11 Å². The Kier molecular flexibility index (Phi) is 6.48. The third-order valence-electron chi connectivity index (χ3n) is 5.00. The average Bonchev–Trinajstić information content (AvgIpc) is 2.36. The SMILES string of the molecule is CC(C)C(C)(CC(=O)O)NC(=O)CC1CCC(C(F)(F)F)CC1. The molecule has 0 saturated heterocycles. The molecule has 1 amide bonds. The predicted molar refractivity (Wildman–Crippen MR) is 79.8 cm³/mol. The number of carbonyl (C=O) groups is 2. The molecule has 0 aliphatic heterocycles. The van der Waals surface area contributed by atoms with Gasteiger partial charge in [-0.3, -0.25) is 9.59 Å². The summed E-state index contributed by atoms with van der Waals surface area (Å²) in [6.45, 7) is 5.35. The van der Waals surface area contributed by atoms with Gasteiger partial charge < -0.3 is 10.4 Å². The zero-order chi connectivity index (χ0) is 17.8. The predicted octanol–water partition coefficient (Wildman–Crippen LogP) is 3.75. The highest BCUT2D eigenvalue weighted by Gasteiger charge is 2.42. The number of hydrogen-bond donors (Lipinski definition) is 2. The molecule has 0 radical (unpaired) electrons. The van der Waals surface area contributed by atoms with Crippen LogP contribution in [0.4, 0.5) is 13.2 Å². The smallest absolute Gasteiger partial charge is 0.391 e. The van der Waals surface area contributed by atoms with Crippen molar-refractivity contribution >= 4 is 11.9 Å². The highest BCUT2D eigenvalue weighted by atomic mass is 19.4. The van der Waals surface area contributed by atoms with Crippen molar-refractivity contribution in [3.05, 3.63) is 0 Å². The first-order chi connectivity index (χ1) is 10.4. The average molecular weight is 337 g/mol. The molecule has 7 heteroatoms. The molecular weight excluding hydrogens is 311 g/mol. The zero-order valence-electron chi connectivity index (χ0n) is 13.9. The molecule has 2 N–H and O–H groups in total. The van der Waals surface area contributed by atoms with Gasteiger partial charge in [0.25, 0.3) is 0 Å². The van der Waals surface area contributed by atoms with Crippen LogP contribution in [0.15, 0.2) is 0 Å². The summed E-state index contributed by atoms with van der Waals surface area (Å²) in [4.78, 5) is 23.1. The Balaban J connectivity index is 2.52. The van der Waals surface area contributed by atoms with Crippen molar-refractivity contribution in [2.24, 2.45) is 17.8 Å². The van der Waals surface area contributed by atoms with Gasteiger partial charge in [0.15, 0.2) is 0 Å². The summed E-state index contributed by atoms with van der Waals surface area (Å²) in [7, 11) is 0. The van der Waals surface area contributed by atoms with E-state index in [0.29, 0.717) is 12.8 Å². The van der Waals surface area contributed by atoms with E-state index in [2.05, 4.69) is 5.32 Å². The lowest BCUT2D eigenvalue weighted by Gasteiger charge is -2.35. The van der Waals surface area contributed by atoms with Gasteiger partial charge in [-0.2, -0.15) is 13.2 Å². The summed E-state index contributed by atoms with van der Waals surface area (Å²) in [5, 5.41) is 11.8. The third kappa shape index (κ3) is 6.03. The van der Waals surface area contributed by atoms with Gasteiger partial charge in [-0.05, 0) is 44.4 Å². The molecule has 1 aliphatic carbocycles. The van der Waals surface area contributed by atoms with E-state index >= 15 is 0 Å². The van der Waals surface area contributed by atoms with Crippen molar-refractivity contribution in [1.82, 2.24) is 5.32 Å². The Hall–Kier alpha value is -1.27. The molecule has 1 saturated carbocycles. The summed E-state index contributed by atoms with van der Waals surface area (Å²) >= 11 is 0. The second-order valence-corrected chi connectivity index (χ2v) is 7.15. The number of rotatable bonds is 6. The molecule has 0 spiro atoms. The summed E-state index contributed by atoms with van der Waals surface area (Å²) in [6, 6.07) is 0. The fourth-order valence-electron chi connectivity index (χ4n) is 3.03. The molecule has 0 bridgehead atoms. The molecular formula is C16H26F3NO3. The lowest BCUT2D eigenvalue weighted by Crippen LogP contribution is -2.51. The van der Waals surface area contributed by atoms with Crippen molar-refractivity contribution in [3.8, 4) is 0 Å². The zero-order valence-corrected chi connectivity index (χ0v) is 13.9. The number of aliphatic carboxylic acids is 1. The fraction of sp³-hybridized carbons (Fsp3) is 0.875. The molecule has 1 rings (SSSR count). The lowest BCUT2D eigenvalue weighted by molar-refractivity contribution is -0.184. The van der Waals surface area contributed by atoms with Crippen molar-refractivity contribution in [2.45, 2.75) is 71.0 Å². The molecule has 134 valence electrons. The van der Waals surface area contributed by atoms with Crippen LogP contribution in [0.3, 0.4) is 0 Å². The van der Waals surface area contributed by atoms with E-state index in [0.717, 1.165) is 0 Å². The fourth-order valence-corrected chi connectivity index (χ4v) is 3.03. The first kappa shape index (κ1) is 19.8. The molecule has 1 atom stereocenters. The maximum absolute atomic E-state index is 12.6. The number of amides is 1. The van der Waals surface area contributed by atoms with E-state index in [-0.39, 0.29) is 43.4 Å². The highest BCUT2D eigenvalue weighted by Crippen LogP contribution is 2.40. The molecule has 1 aliphatic rings.